The minimum absolute atomic E-state index is 0.0421. The van der Waals surface area contributed by atoms with Crippen molar-refractivity contribution < 1.29 is 9.59 Å². The van der Waals surface area contributed by atoms with Gasteiger partial charge in [0.1, 0.15) is 0 Å². The maximum Gasteiger partial charge on any atom is 0.253 e. The number of nitrogens with one attached hydrogen (secondary N) is 1. The minimum Gasteiger partial charge on any atom is -0.338 e. The highest BCUT2D eigenvalue weighted by atomic mass is 16.2. The smallest absolute Gasteiger partial charge is 0.253 e. The number of carbonyl (C=O) groups excluding carboxylic acids is 2. The Bertz CT molecular complexity index is 585. The molecular formula is C16H21N3O2. The molecule has 2 aliphatic heterocycles. The molecule has 0 radical (unpaired) electrons. The molecule has 0 aliphatic carbocycles. The average Bonchev–Trinajstić information content (AvgIpc) is 2.49. The standard InChI is InChI=1S/C16H21N3O2/c1-10-9-19(7-6-13(10)17)16(21)12-2-4-14-11(8-12)3-5-15(20)18-14/h2,4,8,10,13H,3,5-7,9,17H2,1H3,(H,18,20). The van der Waals surface area contributed by atoms with Crippen molar-refractivity contribution >= 4 is 17.5 Å². The molecule has 21 heavy (non-hydrogen) atoms. The Morgan fingerprint density at radius 1 is 1.38 bits per heavy atom. The van der Waals surface area contributed by atoms with Gasteiger partial charge in [-0.25, -0.2) is 0 Å². The highest BCUT2D eigenvalue weighted by molar-refractivity contribution is 5.98. The van der Waals surface area contributed by atoms with Gasteiger partial charge in [-0.3, -0.25) is 9.59 Å². The van der Waals surface area contributed by atoms with Crippen LogP contribution >= 0.6 is 0 Å². The topological polar surface area (TPSA) is 75.4 Å². The van der Waals surface area contributed by atoms with Crippen LogP contribution in [0.2, 0.25) is 0 Å². The molecule has 1 aromatic carbocycles. The van der Waals surface area contributed by atoms with Crippen molar-refractivity contribution in [1.82, 2.24) is 4.90 Å². The zero-order valence-corrected chi connectivity index (χ0v) is 12.3. The molecule has 2 atom stereocenters. The first-order chi connectivity index (χ1) is 10.0. The van der Waals surface area contributed by atoms with Gasteiger partial charge in [-0.15, -0.1) is 0 Å². The maximum absolute atomic E-state index is 12.6. The van der Waals surface area contributed by atoms with E-state index in [4.69, 9.17) is 5.73 Å². The molecule has 2 unspecified atom stereocenters. The second-order valence-corrected chi connectivity index (χ2v) is 6.10. The van der Waals surface area contributed by atoms with Crippen molar-refractivity contribution in [2.24, 2.45) is 11.7 Å². The van der Waals surface area contributed by atoms with Crippen molar-refractivity contribution in [3.63, 3.8) is 0 Å². The van der Waals surface area contributed by atoms with Gasteiger partial charge in [0.15, 0.2) is 0 Å². The van der Waals surface area contributed by atoms with Gasteiger partial charge in [0.2, 0.25) is 5.91 Å². The number of likely N-dealkylation sites (tertiary alicyclic amines) is 1. The summed E-state index contributed by atoms with van der Waals surface area (Å²) in [6.45, 7) is 3.53. The Kier molecular flexibility index (Phi) is 3.68. The average molecular weight is 287 g/mol. The first-order valence-electron chi connectivity index (χ1n) is 7.52. The summed E-state index contributed by atoms with van der Waals surface area (Å²) in [5, 5.41) is 2.84. The Labute approximate surface area is 124 Å². The number of piperidine rings is 1. The lowest BCUT2D eigenvalue weighted by Crippen LogP contribution is -2.48. The van der Waals surface area contributed by atoms with Crippen LogP contribution in [0, 0.1) is 5.92 Å². The highest BCUT2D eigenvalue weighted by Gasteiger charge is 2.27. The highest BCUT2D eigenvalue weighted by Crippen LogP contribution is 2.25. The zero-order valence-electron chi connectivity index (χ0n) is 12.3. The van der Waals surface area contributed by atoms with Crippen LogP contribution in [0.1, 0.15) is 35.7 Å². The van der Waals surface area contributed by atoms with Crippen LogP contribution in [0.25, 0.3) is 0 Å². The molecule has 0 bridgehead atoms. The van der Waals surface area contributed by atoms with Gasteiger partial charge in [-0.1, -0.05) is 6.92 Å². The molecule has 112 valence electrons. The molecule has 0 saturated carbocycles. The number of carbonyl (C=O) groups is 2. The summed E-state index contributed by atoms with van der Waals surface area (Å²) >= 11 is 0. The molecule has 3 N–H and O–H groups in total. The lowest BCUT2D eigenvalue weighted by atomic mass is 9.94. The number of benzene rings is 1. The lowest BCUT2D eigenvalue weighted by molar-refractivity contribution is -0.116. The normalized spacial score (nSPS) is 25.2. The van der Waals surface area contributed by atoms with E-state index in [2.05, 4.69) is 12.2 Å². The number of anilines is 1. The monoisotopic (exact) mass is 287 g/mol. The summed E-state index contributed by atoms with van der Waals surface area (Å²) in [4.78, 5) is 25.8. The van der Waals surface area contributed by atoms with Crippen LogP contribution < -0.4 is 11.1 Å². The number of amides is 2. The Balaban J connectivity index is 1.78. The van der Waals surface area contributed by atoms with Crippen LogP contribution in [0.5, 0.6) is 0 Å². The molecule has 5 heteroatoms. The Hall–Kier alpha value is -1.88. The molecule has 1 fully saturated rings. The van der Waals surface area contributed by atoms with Gasteiger partial charge in [-0.05, 0) is 42.5 Å². The molecule has 1 aromatic rings. The first kappa shape index (κ1) is 14.1. The van der Waals surface area contributed by atoms with Crippen molar-refractivity contribution in [2.45, 2.75) is 32.2 Å². The van der Waals surface area contributed by atoms with Crippen molar-refractivity contribution in [2.75, 3.05) is 18.4 Å². The van der Waals surface area contributed by atoms with Crippen LogP contribution in [0.15, 0.2) is 18.2 Å². The van der Waals surface area contributed by atoms with Crippen molar-refractivity contribution in [3.8, 4) is 0 Å². The number of hydrogen-bond donors (Lipinski definition) is 2. The number of aryl methyl sites for hydroxylation is 1. The molecule has 5 nitrogen and oxygen atoms in total. The zero-order chi connectivity index (χ0) is 15.0. The molecule has 2 amide bonds. The molecule has 0 spiro atoms. The molecule has 1 saturated heterocycles. The van der Waals surface area contributed by atoms with Gasteiger partial charge in [0.05, 0.1) is 0 Å². The summed E-state index contributed by atoms with van der Waals surface area (Å²) in [5.41, 5.74) is 8.58. The van der Waals surface area contributed by atoms with Crippen LogP contribution in [0.4, 0.5) is 5.69 Å². The van der Waals surface area contributed by atoms with Gasteiger partial charge in [-0.2, -0.15) is 0 Å². The van der Waals surface area contributed by atoms with E-state index in [0.29, 0.717) is 30.9 Å². The first-order valence-corrected chi connectivity index (χ1v) is 7.52. The summed E-state index contributed by atoms with van der Waals surface area (Å²) in [6.07, 6.45) is 2.04. The van der Waals surface area contributed by atoms with E-state index >= 15 is 0 Å². The van der Waals surface area contributed by atoms with Gasteiger partial charge in [0.25, 0.3) is 5.91 Å². The Morgan fingerprint density at radius 2 is 2.19 bits per heavy atom. The summed E-state index contributed by atoms with van der Waals surface area (Å²) in [6, 6.07) is 5.73. The van der Waals surface area contributed by atoms with Crippen LogP contribution in [-0.2, 0) is 11.2 Å². The van der Waals surface area contributed by atoms with E-state index in [0.717, 1.165) is 24.2 Å². The maximum atomic E-state index is 12.6. The third-order valence-corrected chi connectivity index (χ3v) is 4.51. The fourth-order valence-corrected chi connectivity index (χ4v) is 3.05. The van der Waals surface area contributed by atoms with E-state index in [1.54, 1.807) is 6.07 Å². The van der Waals surface area contributed by atoms with Crippen molar-refractivity contribution in [3.05, 3.63) is 29.3 Å². The van der Waals surface area contributed by atoms with Crippen molar-refractivity contribution in [1.29, 1.82) is 0 Å². The number of rotatable bonds is 1. The van der Waals surface area contributed by atoms with Gasteiger partial charge >= 0.3 is 0 Å². The third-order valence-electron chi connectivity index (χ3n) is 4.51. The molecule has 3 rings (SSSR count). The predicted octanol–water partition coefficient (Wildman–Crippen LogP) is 1.38. The fraction of sp³-hybridized carbons (Fsp3) is 0.500. The molecule has 2 heterocycles. The van der Waals surface area contributed by atoms with Gasteiger partial charge in [0, 0.05) is 36.8 Å². The number of nitrogens with two attached hydrogens (primary N) is 1. The summed E-state index contributed by atoms with van der Waals surface area (Å²) in [7, 11) is 0. The third kappa shape index (κ3) is 2.78. The van der Waals surface area contributed by atoms with E-state index < -0.39 is 0 Å². The molecule has 2 aliphatic rings. The Morgan fingerprint density at radius 3 is 2.95 bits per heavy atom. The molecule has 0 aromatic heterocycles. The summed E-state index contributed by atoms with van der Waals surface area (Å²) < 4.78 is 0. The number of hydrogen-bond acceptors (Lipinski definition) is 3. The van der Waals surface area contributed by atoms with E-state index in [-0.39, 0.29) is 17.9 Å². The summed E-state index contributed by atoms with van der Waals surface area (Å²) in [5.74, 6) is 0.438. The van der Waals surface area contributed by atoms with E-state index in [1.165, 1.54) is 0 Å². The number of fused-ring (bicyclic) bond motifs is 1. The van der Waals surface area contributed by atoms with Crippen LogP contribution in [0.3, 0.4) is 0 Å². The second kappa shape index (κ2) is 5.48. The number of nitrogens with zero attached hydrogens (tertiary/aromatic N) is 1. The largest absolute Gasteiger partial charge is 0.338 e. The van der Waals surface area contributed by atoms with E-state index in [1.807, 2.05) is 17.0 Å². The van der Waals surface area contributed by atoms with Gasteiger partial charge < -0.3 is 16.0 Å². The SMILES string of the molecule is CC1CN(C(=O)c2ccc3c(c2)CCC(=O)N3)CCC1N. The second-order valence-electron chi connectivity index (χ2n) is 6.10. The minimum atomic E-state index is 0.0421. The molecular weight excluding hydrogens is 266 g/mol. The quantitative estimate of drug-likeness (QED) is 0.819. The lowest BCUT2D eigenvalue weighted by Gasteiger charge is -2.35. The predicted molar refractivity (Wildman–Crippen MR) is 81.1 cm³/mol. The van der Waals surface area contributed by atoms with Crippen LogP contribution in [-0.4, -0.2) is 35.8 Å². The fourth-order valence-electron chi connectivity index (χ4n) is 3.05. The van der Waals surface area contributed by atoms with E-state index in [9.17, 15) is 9.59 Å².